The first kappa shape index (κ1) is 33.8. The van der Waals surface area contributed by atoms with Crippen molar-refractivity contribution in [3.63, 3.8) is 0 Å². The van der Waals surface area contributed by atoms with Crippen LogP contribution in [0.3, 0.4) is 0 Å². The third kappa shape index (κ3) is 7.07. The molecule has 1 atom stereocenters. The second-order valence-corrected chi connectivity index (χ2v) is 13.2. The van der Waals surface area contributed by atoms with Crippen molar-refractivity contribution in [2.75, 3.05) is 24.5 Å². The highest BCUT2D eigenvalue weighted by Gasteiger charge is 2.33. The van der Waals surface area contributed by atoms with Crippen molar-refractivity contribution in [3.05, 3.63) is 75.2 Å². The zero-order chi connectivity index (χ0) is 34.2. The monoisotopic (exact) mass is 664 g/mol. The number of benzene rings is 1. The number of carbonyl (C=O) groups is 2. The number of halogens is 2. The highest BCUT2D eigenvalue weighted by atomic mass is 35.5. The number of esters is 1. The second-order valence-electron chi connectivity index (χ2n) is 12.8. The van der Waals surface area contributed by atoms with Gasteiger partial charge in [-0.3, -0.25) is 9.78 Å². The van der Waals surface area contributed by atoms with E-state index in [1.807, 2.05) is 46.4 Å². The lowest BCUT2D eigenvalue weighted by molar-refractivity contribution is -0.142. The Labute approximate surface area is 277 Å². The Kier molecular flexibility index (Phi) is 9.53. The fourth-order valence-corrected chi connectivity index (χ4v) is 5.87. The van der Waals surface area contributed by atoms with Gasteiger partial charge in [-0.15, -0.1) is 0 Å². The highest BCUT2D eigenvalue weighted by Crippen LogP contribution is 2.36. The van der Waals surface area contributed by atoms with Crippen LogP contribution in [0.4, 0.5) is 15.0 Å². The molecular weight excluding hydrogens is 627 g/mol. The van der Waals surface area contributed by atoms with E-state index in [9.17, 15) is 14.4 Å². The molecule has 5 rings (SSSR count). The molecule has 1 fully saturated rings. The van der Waals surface area contributed by atoms with Crippen LogP contribution in [0.5, 0.6) is 0 Å². The molecule has 1 aliphatic heterocycles. The lowest BCUT2D eigenvalue weighted by atomic mass is 10.0. The van der Waals surface area contributed by atoms with Crippen LogP contribution in [0.25, 0.3) is 28.0 Å². The van der Waals surface area contributed by atoms with E-state index in [2.05, 4.69) is 9.97 Å². The summed E-state index contributed by atoms with van der Waals surface area (Å²) in [5, 5.41) is 0.593. The average molecular weight is 665 g/mol. The van der Waals surface area contributed by atoms with Gasteiger partial charge in [0.05, 0.1) is 27.5 Å². The summed E-state index contributed by atoms with van der Waals surface area (Å²) in [4.78, 5) is 56.5. The van der Waals surface area contributed by atoms with Gasteiger partial charge in [0, 0.05) is 49.9 Å². The predicted octanol–water partition coefficient (Wildman–Crippen LogP) is 6.27. The number of anilines is 1. The molecule has 1 saturated heterocycles. The van der Waals surface area contributed by atoms with Gasteiger partial charge in [-0.05, 0) is 57.9 Å². The molecule has 0 N–H and O–H groups in total. The van der Waals surface area contributed by atoms with E-state index in [0.717, 1.165) is 0 Å². The van der Waals surface area contributed by atoms with Crippen molar-refractivity contribution >= 4 is 40.5 Å². The number of hydrogen-bond acceptors (Lipinski definition) is 9. The summed E-state index contributed by atoms with van der Waals surface area (Å²) < 4.78 is 27.4. The molecule has 1 aromatic carbocycles. The van der Waals surface area contributed by atoms with Gasteiger partial charge in [0.15, 0.2) is 5.65 Å². The number of amides is 1. The van der Waals surface area contributed by atoms with E-state index in [1.54, 1.807) is 41.4 Å². The van der Waals surface area contributed by atoms with Gasteiger partial charge in [0.2, 0.25) is 0 Å². The Morgan fingerprint density at radius 2 is 1.85 bits per heavy atom. The smallest absolute Gasteiger partial charge is 0.410 e. The van der Waals surface area contributed by atoms with Crippen LogP contribution in [-0.2, 0) is 20.9 Å². The van der Waals surface area contributed by atoms with Crippen molar-refractivity contribution in [2.24, 2.45) is 0 Å². The Hall–Kier alpha value is -4.58. The molecular formula is C34H38ClFN6O5. The van der Waals surface area contributed by atoms with Gasteiger partial charge in [-0.25, -0.2) is 23.5 Å². The Morgan fingerprint density at radius 1 is 1.13 bits per heavy atom. The van der Waals surface area contributed by atoms with Crippen LogP contribution in [0.15, 0.2) is 47.4 Å². The quantitative estimate of drug-likeness (QED) is 0.220. The number of rotatable bonds is 6. The molecule has 13 heteroatoms. The third-order valence-electron chi connectivity index (χ3n) is 7.72. The highest BCUT2D eigenvalue weighted by molar-refractivity contribution is 6.33. The van der Waals surface area contributed by atoms with Gasteiger partial charge >= 0.3 is 17.8 Å². The number of aromatic nitrogens is 4. The Bertz CT molecular complexity index is 1910. The average Bonchev–Trinajstić information content (AvgIpc) is 2.99. The maximum absolute atomic E-state index is 15.1. The van der Waals surface area contributed by atoms with Crippen molar-refractivity contribution in [1.29, 1.82) is 0 Å². The van der Waals surface area contributed by atoms with Crippen molar-refractivity contribution in [3.8, 4) is 16.9 Å². The Morgan fingerprint density at radius 3 is 2.49 bits per heavy atom. The largest absolute Gasteiger partial charge is 0.461 e. The minimum atomic E-state index is -0.664. The fourth-order valence-electron chi connectivity index (χ4n) is 5.62. The van der Waals surface area contributed by atoms with Crippen molar-refractivity contribution in [2.45, 2.75) is 72.6 Å². The predicted molar refractivity (Wildman–Crippen MR) is 178 cm³/mol. The van der Waals surface area contributed by atoms with Gasteiger partial charge in [0.1, 0.15) is 23.8 Å². The molecule has 0 saturated carbocycles. The fraction of sp³-hybridized carbons (Fsp3) is 0.412. The van der Waals surface area contributed by atoms with E-state index in [0.29, 0.717) is 47.8 Å². The summed E-state index contributed by atoms with van der Waals surface area (Å²) in [6, 6.07) is 9.15. The molecule has 4 heterocycles. The number of nitrogens with zero attached hydrogens (tertiary/aromatic N) is 6. The van der Waals surface area contributed by atoms with E-state index >= 15 is 4.39 Å². The molecule has 0 radical (unpaired) electrons. The van der Waals surface area contributed by atoms with Crippen LogP contribution in [0.2, 0.25) is 5.02 Å². The number of pyridine rings is 2. The third-order valence-corrected chi connectivity index (χ3v) is 8.01. The molecule has 1 aliphatic rings. The van der Waals surface area contributed by atoms with E-state index < -0.39 is 29.2 Å². The molecule has 3 aromatic heterocycles. The molecule has 0 aliphatic carbocycles. The summed E-state index contributed by atoms with van der Waals surface area (Å²) >= 11 is 6.82. The lowest BCUT2D eigenvalue weighted by Gasteiger charge is -2.41. The maximum Gasteiger partial charge on any atom is 0.410 e. The van der Waals surface area contributed by atoms with Crippen LogP contribution < -0.4 is 10.6 Å². The number of carbonyl (C=O) groups excluding carboxylic acids is 2. The molecule has 248 valence electrons. The van der Waals surface area contributed by atoms with Gasteiger partial charge in [-0.2, -0.15) is 4.98 Å². The molecule has 4 aromatic rings. The van der Waals surface area contributed by atoms with E-state index in [4.69, 9.17) is 26.1 Å². The molecule has 0 spiro atoms. The van der Waals surface area contributed by atoms with Crippen LogP contribution >= 0.6 is 11.6 Å². The van der Waals surface area contributed by atoms with Crippen molar-refractivity contribution in [1.82, 2.24) is 24.4 Å². The first-order valence-corrected chi connectivity index (χ1v) is 15.8. The zero-order valence-corrected chi connectivity index (χ0v) is 28.3. The molecule has 0 bridgehead atoms. The summed E-state index contributed by atoms with van der Waals surface area (Å²) in [5.41, 5.74) is 0.596. The Balaban J connectivity index is 1.75. The molecule has 0 unspecified atom stereocenters. The maximum atomic E-state index is 15.1. The first-order chi connectivity index (χ1) is 22.2. The number of fused-ring (bicyclic) bond motifs is 1. The van der Waals surface area contributed by atoms with Gasteiger partial charge in [0.25, 0.3) is 0 Å². The minimum absolute atomic E-state index is 0.125. The summed E-state index contributed by atoms with van der Waals surface area (Å²) in [6.45, 7) is 13.4. The topological polar surface area (TPSA) is 120 Å². The lowest BCUT2D eigenvalue weighted by Crippen LogP contribution is -2.55. The molecule has 47 heavy (non-hydrogen) atoms. The zero-order valence-electron chi connectivity index (χ0n) is 27.5. The first-order valence-electron chi connectivity index (χ1n) is 15.4. The van der Waals surface area contributed by atoms with Crippen LogP contribution in [0, 0.1) is 5.82 Å². The summed E-state index contributed by atoms with van der Waals surface area (Å²) in [6.07, 6.45) is 1.17. The van der Waals surface area contributed by atoms with Crippen molar-refractivity contribution < 1.29 is 23.5 Å². The van der Waals surface area contributed by atoms with E-state index in [-0.39, 0.29) is 40.5 Å². The van der Waals surface area contributed by atoms with Gasteiger partial charge in [-0.1, -0.05) is 37.6 Å². The standard InChI is InChI=1S/C34H38ClFN6O5/c1-19(2)27-29(22(12-13-37-27)18-46-21(4)43)42-31-24(16-25(35)28(38-31)23-10-8-9-11-26(23)36)30(39-32(42)44)41-15-14-40(17-20(41)3)33(45)47-34(5,6)7/h8-13,16,19-20H,14-15,17-18H2,1-7H3/t20-/m0/s1. The number of ether oxygens (including phenoxy) is 2. The summed E-state index contributed by atoms with van der Waals surface area (Å²) in [7, 11) is 0. The van der Waals surface area contributed by atoms with Crippen LogP contribution in [0.1, 0.15) is 65.6 Å². The van der Waals surface area contributed by atoms with Gasteiger partial charge < -0.3 is 19.3 Å². The minimum Gasteiger partial charge on any atom is -0.461 e. The normalized spacial score (nSPS) is 15.3. The van der Waals surface area contributed by atoms with Crippen LogP contribution in [-0.4, -0.2) is 67.8 Å². The molecule has 11 nitrogen and oxygen atoms in total. The number of piperazine rings is 1. The van der Waals surface area contributed by atoms with E-state index in [1.165, 1.54) is 17.6 Å². The SMILES string of the molecule is CC(=O)OCc1ccnc(C(C)C)c1-n1c(=O)nc(N2CCN(C(=O)OC(C)(C)C)C[C@@H]2C)c2cc(Cl)c(-c3ccccc3F)nc21. The molecule has 1 amide bonds. The second kappa shape index (κ2) is 13.3. The number of hydrogen-bond donors (Lipinski definition) is 0. The summed E-state index contributed by atoms with van der Waals surface area (Å²) in [5.74, 6) is -0.848.